The molecule has 1 amide bonds. The van der Waals surface area contributed by atoms with Gasteiger partial charge in [0.1, 0.15) is 12.0 Å². The third kappa shape index (κ3) is 7.13. The molecule has 13 heteroatoms. The number of aryl methyl sites for hydroxylation is 2. The first-order valence-corrected chi connectivity index (χ1v) is 15.6. The summed E-state index contributed by atoms with van der Waals surface area (Å²) < 4.78 is 64.2. The first kappa shape index (κ1) is 30.7. The molecular weight excluding hydrogens is 567 g/mol. The standard InChI is InChI=1S/C27H35ClF3N5O3S/c1-18-24(7-5-19-4-6-22(23(28)16-19)27(29,30)31)32-17-33-25(18)26(37)36-14-10-21(11-15-36)35-12-8-20(9-13-35)34(2)40(3,38)39/h4,6,16-17,20-21H,5,7-15H2,1-3H3. The summed E-state index contributed by atoms with van der Waals surface area (Å²) in [7, 11) is -1.56. The molecule has 8 nitrogen and oxygen atoms in total. The van der Waals surface area contributed by atoms with Gasteiger partial charge in [0, 0.05) is 43.5 Å². The first-order chi connectivity index (χ1) is 18.8. The van der Waals surface area contributed by atoms with Crippen LogP contribution >= 0.6 is 11.6 Å². The minimum absolute atomic E-state index is 0.0269. The van der Waals surface area contributed by atoms with Crippen molar-refractivity contribution < 1.29 is 26.4 Å². The van der Waals surface area contributed by atoms with Crippen molar-refractivity contribution in [1.82, 2.24) is 24.1 Å². The molecule has 0 spiro atoms. The number of hydrogen-bond acceptors (Lipinski definition) is 6. The zero-order valence-electron chi connectivity index (χ0n) is 22.9. The molecule has 3 heterocycles. The van der Waals surface area contributed by atoms with Crippen LogP contribution in [0, 0.1) is 6.92 Å². The Morgan fingerprint density at radius 2 is 1.73 bits per heavy atom. The summed E-state index contributed by atoms with van der Waals surface area (Å²) in [6, 6.07) is 4.10. The van der Waals surface area contributed by atoms with Crippen LogP contribution in [0.15, 0.2) is 24.5 Å². The van der Waals surface area contributed by atoms with Crippen LogP contribution in [0.5, 0.6) is 0 Å². The lowest BCUT2D eigenvalue weighted by molar-refractivity contribution is -0.137. The topological polar surface area (TPSA) is 86.7 Å². The Balaban J connectivity index is 1.32. The molecule has 0 N–H and O–H groups in total. The van der Waals surface area contributed by atoms with Crippen molar-refractivity contribution in [3.8, 4) is 0 Å². The molecule has 2 aliphatic rings. The van der Waals surface area contributed by atoms with Gasteiger partial charge >= 0.3 is 6.18 Å². The highest BCUT2D eigenvalue weighted by Crippen LogP contribution is 2.35. The highest BCUT2D eigenvalue weighted by Gasteiger charge is 2.34. The fourth-order valence-corrected chi connectivity index (χ4v) is 6.69. The predicted octanol–water partition coefficient (Wildman–Crippen LogP) is 4.20. The Bertz CT molecular complexity index is 1330. The normalized spacial score (nSPS) is 18.4. The highest BCUT2D eigenvalue weighted by molar-refractivity contribution is 7.88. The number of carbonyl (C=O) groups is 1. The Hall–Kier alpha value is -2.28. The van der Waals surface area contributed by atoms with E-state index >= 15 is 0 Å². The molecule has 0 radical (unpaired) electrons. The van der Waals surface area contributed by atoms with Gasteiger partial charge in [-0.3, -0.25) is 4.79 Å². The van der Waals surface area contributed by atoms with Crippen molar-refractivity contribution in [2.75, 3.05) is 39.5 Å². The van der Waals surface area contributed by atoms with Crippen molar-refractivity contribution in [1.29, 1.82) is 0 Å². The summed E-state index contributed by atoms with van der Waals surface area (Å²) in [6.45, 7) is 4.68. The Labute approximate surface area is 238 Å². The maximum atomic E-state index is 13.4. The maximum absolute atomic E-state index is 13.4. The molecule has 40 heavy (non-hydrogen) atoms. The molecule has 4 rings (SSSR count). The molecule has 2 aromatic rings. The minimum Gasteiger partial charge on any atom is -0.337 e. The van der Waals surface area contributed by atoms with E-state index in [0.717, 1.165) is 44.8 Å². The second kappa shape index (κ2) is 12.3. The van der Waals surface area contributed by atoms with E-state index in [1.807, 2.05) is 4.90 Å². The number of nitrogens with zero attached hydrogens (tertiary/aromatic N) is 5. The van der Waals surface area contributed by atoms with Gasteiger partial charge in [0.2, 0.25) is 10.0 Å². The lowest BCUT2D eigenvalue weighted by Gasteiger charge is -2.43. The number of aromatic nitrogens is 2. The number of benzene rings is 1. The van der Waals surface area contributed by atoms with Crippen LogP contribution in [0.25, 0.3) is 0 Å². The quantitative estimate of drug-likeness (QED) is 0.473. The number of sulfonamides is 1. The number of halogens is 4. The second-order valence-corrected chi connectivity index (χ2v) is 13.1. The zero-order chi connectivity index (χ0) is 29.2. The summed E-state index contributed by atoms with van der Waals surface area (Å²) in [5.74, 6) is -0.148. The summed E-state index contributed by atoms with van der Waals surface area (Å²) in [5, 5.41) is -0.339. The summed E-state index contributed by atoms with van der Waals surface area (Å²) in [4.78, 5) is 26.2. The summed E-state index contributed by atoms with van der Waals surface area (Å²) in [6.07, 6.45) is 2.22. The number of alkyl halides is 3. The molecule has 2 saturated heterocycles. The number of hydrogen-bond donors (Lipinski definition) is 0. The van der Waals surface area contributed by atoms with Crippen molar-refractivity contribution in [2.24, 2.45) is 0 Å². The zero-order valence-corrected chi connectivity index (χ0v) is 24.5. The van der Waals surface area contributed by atoms with E-state index in [1.165, 1.54) is 29.0 Å². The van der Waals surface area contributed by atoms with E-state index in [2.05, 4.69) is 14.9 Å². The molecule has 2 fully saturated rings. The number of likely N-dealkylation sites (tertiary alicyclic amines) is 2. The third-order valence-electron chi connectivity index (χ3n) is 8.18. The van der Waals surface area contributed by atoms with Crippen molar-refractivity contribution >= 4 is 27.5 Å². The molecular formula is C27H35ClF3N5O3S. The average Bonchev–Trinajstić information content (AvgIpc) is 2.91. The number of piperidine rings is 2. The van der Waals surface area contributed by atoms with Crippen molar-refractivity contribution in [2.45, 2.75) is 63.7 Å². The fraction of sp³-hybridized carbons (Fsp3) is 0.593. The van der Waals surface area contributed by atoms with Gasteiger partial charge in [-0.1, -0.05) is 17.7 Å². The Morgan fingerprint density at radius 1 is 1.07 bits per heavy atom. The van der Waals surface area contributed by atoms with Gasteiger partial charge in [-0.2, -0.15) is 13.2 Å². The first-order valence-electron chi connectivity index (χ1n) is 13.4. The van der Waals surface area contributed by atoms with Crippen LogP contribution in [-0.2, 0) is 29.0 Å². The van der Waals surface area contributed by atoms with Crippen LogP contribution in [0.1, 0.15) is 58.6 Å². The highest BCUT2D eigenvalue weighted by atomic mass is 35.5. The van der Waals surface area contributed by atoms with E-state index in [1.54, 1.807) is 14.0 Å². The van der Waals surface area contributed by atoms with Gasteiger partial charge in [0.05, 0.1) is 16.8 Å². The van der Waals surface area contributed by atoms with Crippen LogP contribution in [0.2, 0.25) is 5.02 Å². The lowest BCUT2D eigenvalue weighted by atomic mass is 9.97. The van der Waals surface area contributed by atoms with Gasteiger partial charge in [-0.25, -0.2) is 22.7 Å². The number of carbonyl (C=O) groups excluding carboxylic acids is 1. The van der Waals surface area contributed by atoms with Gasteiger partial charge in [0.15, 0.2) is 0 Å². The number of rotatable bonds is 7. The lowest BCUT2D eigenvalue weighted by Crippen LogP contribution is -2.52. The van der Waals surface area contributed by atoms with Gasteiger partial charge in [-0.15, -0.1) is 0 Å². The smallest absolute Gasteiger partial charge is 0.337 e. The SMILES string of the molecule is Cc1c(CCc2ccc(C(F)(F)F)c(Cl)c2)ncnc1C(=O)N1CCC(N2CCC(N(C)S(C)(=O)=O)CC2)CC1. The monoisotopic (exact) mass is 601 g/mol. The molecule has 220 valence electrons. The van der Waals surface area contributed by atoms with Crippen LogP contribution in [0.3, 0.4) is 0 Å². The average molecular weight is 602 g/mol. The molecule has 0 saturated carbocycles. The van der Waals surface area contributed by atoms with Gasteiger partial charge in [0.25, 0.3) is 5.91 Å². The third-order valence-corrected chi connectivity index (χ3v) is 9.84. The van der Waals surface area contributed by atoms with E-state index < -0.39 is 21.8 Å². The predicted molar refractivity (Wildman–Crippen MR) is 147 cm³/mol. The van der Waals surface area contributed by atoms with E-state index in [-0.39, 0.29) is 17.0 Å². The molecule has 0 aliphatic carbocycles. The van der Waals surface area contributed by atoms with E-state index in [0.29, 0.717) is 54.5 Å². The molecule has 1 aromatic carbocycles. The van der Waals surface area contributed by atoms with E-state index in [9.17, 15) is 26.4 Å². The minimum atomic E-state index is -4.50. The maximum Gasteiger partial charge on any atom is 0.417 e. The molecule has 1 aromatic heterocycles. The molecule has 0 bridgehead atoms. The molecule has 0 unspecified atom stereocenters. The van der Waals surface area contributed by atoms with Crippen LogP contribution in [-0.4, -0.2) is 90.0 Å². The van der Waals surface area contributed by atoms with Crippen LogP contribution < -0.4 is 0 Å². The number of amides is 1. The molecule has 2 aliphatic heterocycles. The van der Waals surface area contributed by atoms with Gasteiger partial charge in [-0.05, 0) is 76.2 Å². The summed E-state index contributed by atoms with van der Waals surface area (Å²) in [5.41, 5.74) is 1.48. The van der Waals surface area contributed by atoms with E-state index in [4.69, 9.17) is 11.6 Å². The van der Waals surface area contributed by atoms with Crippen molar-refractivity contribution in [3.63, 3.8) is 0 Å². The second-order valence-electron chi connectivity index (χ2n) is 10.7. The van der Waals surface area contributed by atoms with Crippen molar-refractivity contribution in [3.05, 3.63) is 57.6 Å². The van der Waals surface area contributed by atoms with Gasteiger partial charge < -0.3 is 9.80 Å². The van der Waals surface area contributed by atoms with Crippen LogP contribution in [0.4, 0.5) is 13.2 Å². The Morgan fingerprint density at radius 3 is 2.30 bits per heavy atom. The summed E-state index contributed by atoms with van der Waals surface area (Å²) >= 11 is 5.85. The fourth-order valence-electron chi connectivity index (χ4n) is 5.63. The largest absolute Gasteiger partial charge is 0.417 e. The molecule has 0 atom stereocenters. The Kier molecular flexibility index (Phi) is 9.43.